The summed E-state index contributed by atoms with van der Waals surface area (Å²) in [4.78, 5) is 14.5. The van der Waals surface area contributed by atoms with Crippen LogP contribution in [0.3, 0.4) is 0 Å². The van der Waals surface area contributed by atoms with E-state index in [1.807, 2.05) is 17.0 Å². The predicted molar refractivity (Wildman–Crippen MR) is 82.6 cm³/mol. The molecular formula is C17H26N2O. The molecule has 1 saturated heterocycles. The average molecular weight is 274 g/mol. The summed E-state index contributed by atoms with van der Waals surface area (Å²) in [6, 6.07) is 8.85. The number of nitrogens with zero attached hydrogens (tertiary/aromatic N) is 1. The maximum absolute atomic E-state index is 12.5. The first-order chi connectivity index (χ1) is 9.49. The number of nitrogens with two attached hydrogens (primary N) is 1. The highest BCUT2D eigenvalue weighted by Gasteiger charge is 2.27. The predicted octanol–water partition coefficient (Wildman–Crippen LogP) is 2.83. The van der Waals surface area contributed by atoms with Crippen molar-refractivity contribution in [2.75, 3.05) is 6.54 Å². The van der Waals surface area contributed by atoms with Gasteiger partial charge in [-0.3, -0.25) is 4.79 Å². The maximum Gasteiger partial charge on any atom is 0.223 e. The van der Waals surface area contributed by atoms with Crippen LogP contribution < -0.4 is 5.73 Å². The molecule has 0 bridgehead atoms. The van der Waals surface area contributed by atoms with Crippen LogP contribution in [0.1, 0.15) is 50.2 Å². The molecule has 0 aromatic heterocycles. The standard InChI is InChI=1S/C17H26N2O/c1-12-6-4-5-7-16(12)13(2)10-17(20)19-9-8-15(18)11-14(19)3/h4-7,13-15H,8-11,18H2,1-3H3. The highest BCUT2D eigenvalue weighted by molar-refractivity contribution is 5.77. The van der Waals surface area contributed by atoms with Crippen LogP contribution >= 0.6 is 0 Å². The minimum atomic E-state index is 0.253. The largest absolute Gasteiger partial charge is 0.340 e. The Morgan fingerprint density at radius 2 is 2.15 bits per heavy atom. The van der Waals surface area contributed by atoms with Gasteiger partial charge in [0, 0.05) is 25.0 Å². The molecule has 110 valence electrons. The molecule has 1 amide bonds. The summed E-state index contributed by atoms with van der Waals surface area (Å²) < 4.78 is 0. The van der Waals surface area contributed by atoms with Crippen molar-refractivity contribution >= 4 is 5.91 Å². The second-order valence-electron chi connectivity index (χ2n) is 6.18. The third kappa shape index (κ3) is 3.40. The molecule has 1 aliphatic heterocycles. The highest BCUT2D eigenvalue weighted by Crippen LogP contribution is 2.25. The number of aryl methyl sites for hydroxylation is 1. The molecule has 0 saturated carbocycles. The van der Waals surface area contributed by atoms with E-state index in [0.717, 1.165) is 19.4 Å². The monoisotopic (exact) mass is 274 g/mol. The van der Waals surface area contributed by atoms with Gasteiger partial charge in [0.1, 0.15) is 0 Å². The summed E-state index contributed by atoms with van der Waals surface area (Å²) in [5, 5.41) is 0. The lowest BCUT2D eigenvalue weighted by atomic mass is 9.92. The number of hydrogen-bond donors (Lipinski definition) is 1. The Hall–Kier alpha value is -1.35. The molecule has 1 aromatic carbocycles. The zero-order valence-corrected chi connectivity index (χ0v) is 12.8. The molecule has 3 unspecified atom stereocenters. The van der Waals surface area contributed by atoms with Crippen molar-refractivity contribution in [2.24, 2.45) is 5.73 Å². The van der Waals surface area contributed by atoms with E-state index in [1.165, 1.54) is 11.1 Å². The number of carbonyl (C=O) groups excluding carboxylic acids is 1. The number of benzene rings is 1. The van der Waals surface area contributed by atoms with Gasteiger partial charge in [0.05, 0.1) is 0 Å². The molecule has 2 N–H and O–H groups in total. The van der Waals surface area contributed by atoms with E-state index in [2.05, 4.69) is 32.9 Å². The first kappa shape index (κ1) is 15.0. The van der Waals surface area contributed by atoms with Gasteiger partial charge < -0.3 is 10.6 Å². The van der Waals surface area contributed by atoms with Crippen molar-refractivity contribution in [3.63, 3.8) is 0 Å². The molecule has 0 radical (unpaired) electrons. The summed E-state index contributed by atoms with van der Waals surface area (Å²) in [6.07, 6.45) is 2.43. The third-order valence-corrected chi connectivity index (χ3v) is 4.44. The quantitative estimate of drug-likeness (QED) is 0.921. The second-order valence-corrected chi connectivity index (χ2v) is 6.18. The fraction of sp³-hybridized carbons (Fsp3) is 0.588. The summed E-state index contributed by atoms with van der Waals surface area (Å²) >= 11 is 0. The molecule has 1 heterocycles. The molecule has 3 atom stereocenters. The SMILES string of the molecule is Cc1ccccc1C(C)CC(=O)N1CCC(N)CC1C. The molecule has 3 heteroatoms. The van der Waals surface area contributed by atoms with E-state index < -0.39 is 0 Å². The van der Waals surface area contributed by atoms with Gasteiger partial charge in [0.15, 0.2) is 0 Å². The van der Waals surface area contributed by atoms with Gasteiger partial charge in [0.2, 0.25) is 5.91 Å². The minimum Gasteiger partial charge on any atom is -0.340 e. The molecule has 1 aliphatic rings. The summed E-state index contributed by atoms with van der Waals surface area (Å²) in [5.74, 6) is 0.534. The van der Waals surface area contributed by atoms with Crippen LogP contribution in [0.2, 0.25) is 0 Å². The van der Waals surface area contributed by atoms with Gasteiger partial charge in [-0.2, -0.15) is 0 Å². The van der Waals surface area contributed by atoms with E-state index >= 15 is 0 Å². The number of piperidine rings is 1. The number of amides is 1. The van der Waals surface area contributed by atoms with Crippen LogP contribution in [0.25, 0.3) is 0 Å². The second kappa shape index (κ2) is 6.40. The number of rotatable bonds is 3. The van der Waals surface area contributed by atoms with E-state index in [1.54, 1.807) is 0 Å². The van der Waals surface area contributed by atoms with Crippen molar-refractivity contribution < 1.29 is 4.79 Å². The Balaban J connectivity index is 1.99. The maximum atomic E-state index is 12.5. The van der Waals surface area contributed by atoms with Crippen LogP contribution in [0, 0.1) is 6.92 Å². The first-order valence-corrected chi connectivity index (χ1v) is 7.59. The Bertz CT molecular complexity index is 472. The van der Waals surface area contributed by atoms with E-state index in [-0.39, 0.29) is 23.9 Å². The normalized spacial score (nSPS) is 24.5. The smallest absolute Gasteiger partial charge is 0.223 e. The lowest BCUT2D eigenvalue weighted by molar-refractivity contribution is -0.134. The van der Waals surface area contributed by atoms with Gasteiger partial charge in [-0.15, -0.1) is 0 Å². The van der Waals surface area contributed by atoms with Gasteiger partial charge in [0.25, 0.3) is 0 Å². The lowest BCUT2D eigenvalue weighted by Crippen LogP contribution is -2.48. The van der Waals surface area contributed by atoms with Crippen molar-refractivity contribution in [1.82, 2.24) is 4.90 Å². The van der Waals surface area contributed by atoms with E-state index in [4.69, 9.17) is 5.73 Å². The number of carbonyl (C=O) groups is 1. The topological polar surface area (TPSA) is 46.3 Å². The van der Waals surface area contributed by atoms with Gasteiger partial charge in [-0.25, -0.2) is 0 Å². The zero-order valence-electron chi connectivity index (χ0n) is 12.8. The minimum absolute atomic E-state index is 0.253. The fourth-order valence-electron chi connectivity index (χ4n) is 3.21. The Morgan fingerprint density at radius 1 is 1.45 bits per heavy atom. The van der Waals surface area contributed by atoms with E-state index in [0.29, 0.717) is 6.42 Å². The first-order valence-electron chi connectivity index (χ1n) is 7.59. The molecule has 3 nitrogen and oxygen atoms in total. The Kier molecular flexibility index (Phi) is 4.81. The van der Waals surface area contributed by atoms with Crippen molar-refractivity contribution in [3.05, 3.63) is 35.4 Å². The van der Waals surface area contributed by atoms with Gasteiger partial charge in [-0.05, 0) is 43.7 Å². The third-order valence-electron chi connectivity index (χ3n) is 4.44. The molecule has 1 aromatic rings. The molecule has 20 heavy (non-hydrogen) atoms. The average Bonchev–Trinajstić information content (AvgIpc) is 2.38. The summed E-state index contributed by atoms with van der Waals surface area (Å²) in [7, 11) is 0. The lowest BCUT2D eigenvalue weighted by Gasteiger charge is -2.37. The van der Waals surface area contributed by atoms with Crippen LogP contribution in [0.5, 0.6) is 0 Å². The number of likely N-dealkylation sites (tertiary alicyclic amines) is 1. The molecule has 0 aliphatic carbocycles. The van der Waals surface area contributed by atoms with Gasteiger partial charge in [-0.1, -0.05) is 31.2 Å². The van der Waals surface area contributed by atoms with Crippen LogP contribution in [0.4, 0.5) is 0 Å². The Morgan fingerprint density at radius 3 is 2.80 bits per heavy atom. The molecular weight excluding hydrogens is 248 g/mol. The fourth-order valence-corrected chi connectivity index (χ4v) is 3.21. The summed E-state index contributed by atoms with van der Waals surface area (Å²) in [6.45, 7) is 7.16. The van der Waals surface area contributed by atoms with Crippen molar-refractivity contribution in [1.29, 1.82) is 0 Å². The molecule has 1 fully saturated rings. The molecule has 2 rings (SSSR count). The molecule has 0 spiro atoms. The van der Waals surface area contributed by atoms with E-state index in [9.17, 15) is 4.79 Å². The van der Waals surface area contributed by atoms with Crippen molar-refractivity contribution in [3.8, 4) is 0 Å². The van der Waals surface area contributed by atoms with Crippen molar-refractivity contribution in [2.45, 2.75) is 58.0 Å². The van der Waals surface area contributed by atoms with Gasteiger partial charge >= 0.3 is 0 Å². The van der Waals surface area contributed by atoms with Crippen LogP contribution in [-0.2, 0) is 4.79 Å². The highest BCUT2D eigenvalue weighted by atomic mass is 16.2. The Labute approximate surface area is 122 Å². The van der Waals surface area contributed by atoms with Crippen LogP contribution in [0.15, 0.2) is 24.3 Å². The zero-order chi connectivity index (χ0) is 14.7. The van der Waals surface area contributed by atoms with Crippen LogP contribution in [-0.4, -0.2) is 29.4 Å². The summed E-state index contributed by atoms with van der Waals surface area (Å²) in [5.41, 5.74) is 8.51. The number of hydrogen-bond acceptors (Lipinski definition) is 2.